The van der Waals surface area contributed by atoms with Crippen LogP contribution in [0.4, 0.5) is 5.69 Å². The lowest BCUT2D eigenvalue weighted by atomic mass is 10.2. The number of benzene rings is 1. The number of nitrogens with zero attached hydrogens (tertiary/aromatic N) is 4. The number of hydrogen-bond acceptors (Lipinski definition) is 4. The molecule has 0 N–H and O–H groups in total. The molecule has 2 aromatic rings. The topological polar surface area (TPSA) is 43.2 Å². The van der Waals surface area contributed by atoms with Crippen molar-refractivity contribution in [2.75, 3.05) is 18.6 Å². The summed E-state index contributed by atoms with van der Waals surface area (Å²) in [5, 5.41) is 7.97. The third-order valence-electron chi connectivity index (χ3n) is 2.76. The zero-order chi connectivity index (χ0) is 13.0. The molecule has 0 aliphatic rings. The largest absolute Gasteiger partial charge is 0.492 e. The first-order valence-corrected chi connectivity index (χ1v) is 5.98. The maximum atomic E-state index is 5.62. The number of hydrogen-bond donors (Lipinski definition) is 0. The molecule has 96 valence electrons. The number of ether oxygens (including phenoxy) is 1. The van der Waals surface area contributed by atoms with Crippen LogP contribution in [0.3, 0.4) is 0 Å². The molecular formula is C13H18N4O. The second kappa shape index (κ2) is 5.53. The highest BCUT2D eigenvalue weighted by Gasteiger charge is 2.10. The van der Waals surface area contributed by atoms with E-state index in [0.29, 0.717) is 13.2 Å². The SMILES string of the molecule is CCOc1ccccc1N(C)Cc1nncn1C. The summed E-state index contributed by atoms with van der Waals surface area (Å²) in [6, 6.07) is 8.00. The van der Waals surface area contributed by atoms with Gasteiger partial charge >= 0.3 is 0 Å². The number of para-hydroxylation sites is 2. The molecule has 0 spiro atoms. The molecule has 0 aliphatic heterocycles. The van der Waals surface area contributed by atoms with Crippen molar-refractivity contribution >= 4 is 5.69 Å². The molecule has 5 heteroatoms. The average Bonchev–Trinajstić information content (AvgIpc) is 2.76. The van der Waals surface area contributed by atoms with Crippen molar-refractivity contribution < 1.29 is 4.74 Å². The van der Waals surface area contributed by atoms with Crippen molar-refractivity contribution in [1.29, 1.82) is 0 Å². The molecule has 0 radical (unpaired) electrons. The second-order valence-electron chi connectivity index (χ2n) is 4.11. The minimum absolute atomic E-state index is 0.662. The average molecular weight is 246 g/mol. The van der Waals surface area contributed by atoms with Crippen LogP contribution < -0.4 is 9.64 Å². The Morgan fingerprint density at radius 1 is 1.33 bits per heavy atom. The maximum absolute atomic E-state index is 5.62. The highest BCUT2D eigenvalue weighted by Crippen LogP contribution is 2.27. The van der Waals surface area contributed by atoms with Crippen LogP contribution in [0, 0.1) is 0 Å². The van der Waals surface area contributed by atoms with Crippen molar-refractivity contribution in [3.8, 4) is 5.75 Å². The van der Waals surface area contributed by atoms with Gasteiger partial charge in [0.1, 0.15) is 12.1 Å². The fourth-order valence-corrected chi connectivity index (χ4v) is 1.80. The Hall–Kier alpha value is -2.04. The molecule has 0 amide bonds. The lowest BCUT2D eigenvalue weighted by molar-refractivity contribution is 0.340. The van der Waals surface area contributed by atoms with Gasteiger partial charge in [-0.05, 0) is 19.1 Å². The summed E-state index contributed by atoms with van der Waals surface area (Å²) < 4.78 is 7.54. The van der Waals surface area contributed by atoms with Gasteiger partial charge in [0.05, 0.1) is 18.8 Å². The van der Waals surface area contributed by atoms with Crippen molar-refractivity contribution in [1.82, 2.24) is 14.8 Å². The van der Waals surface area contributed by atoms with Gasteiger partial charge in [0.15, 0.2) is 5.82 Å². The van der Waals surface area contributed by atoms with Gasteiger partial charge in [-0.1, -0.05) is 12.1 Å². The minimum atomic E-state index is 0.662. The van der Waals surface area contributed by atoms with Gasteiger partial charge in [0.25, 0.3) is 0 Å². The van der Waals surface area contributed by atoms with Gasteiger partial charge in [-0.25, -0.2) is 0 Å². The predicted molar refractivity (Wildman–Crippen MR) is 70.7 cm³/mol. The molecule has 1 aromatic carbocycles. The van der Waals surface area contributed by atoms with Crippen molar-refractivity contribution in [2.24, 2.45) is 7.05 Å². The predicted octanol–water partition coefficient (Wildman–Crippen LogP) is 1.85. The molecule has 1 heterocycles. The molecule has 0 saturated heterocycles. The van der Waals surface area contributed by atoms with E-state index in [4.69, 9.17) is 4.74 Å². The van der Waals surface area contributed by atoms with E-state index in [0.717, 1.165) is 17.3 Å². The van der Waals surface area contributed by atoms with E-state index in [1.807, 2.05) is 49.9 Å². The Labute approximate surface area is 107 Å². The fourth-order valence-electron chi connectivity index (χ4n) is 1.80. The van der Waals surface area contributed by atoms with Crippen molar-refractivity contribution in [3.63, 3.8) is 0 Å². The van der Waals surface area contributed by atoms with Crippen LogP contribution in [-0.4, -0.2) is 28.4 Å². The van der Waals surface area contributed by atoms with E-state index < -0.39 is 0 Å². The Morgan fingerprint density at radius 2 is 2.11 bits per heavy atom. The Kier molecular flexibility index (Phi) is 3.82. The zero-order valence-electron chi connectivity index (χ0n) is 11.0. The molecule has 0 unspecified atom stereocenters. The quantitative estimate of drug-likeness (QED) is 0.807. The summed E-state index contributed by atoms with van der Waals surface area (Å²) in [5.74, 6) is 1.81. The summed E-state index contributed by atoms with van der Waals surface area (Å²) in [6.07, 6.45) is 1.71. The Morgan fingerprint density at radius 3 is 2.78 bits per heavy atom. The van der Waals surface area contributed by atoms with Crippen LogP contribution in [0.1, 0.15) is 12.7 Å². The van der Waals surface area contributed by atoms with E-state index in [1.54, 1.807) is 6.33 Å². The van der Waals surface area contributed by atoms with Gasteiger partial charge in [-0.2, -0.15) is 0 Å². The maximum Gasteiger partial charge on any atom is 0.152 e. The van der Waals surface area contributed by atoms with Crippen LogP contribution in [0.2, 0.25) is 0 Å². The van der Waals surface area contributed by atoms with Gasteiger partial charge < -0.3 is 14.2 Å². The zero-order valence-corrected chi connectivity index (χ0v) is 11.0. The number of aromatic nitrogens is 3. The first-order valence-electron chi connectivity index (χ1n) is 5.98. The lowest BCUT2D eigenvalue weighted by Gasteiger charge is -2.21. The molecule has 0 fully saturated rings. The molecule has 0 aliphatic carbocycles. The normalized spacial score (nSPS) is 10.4. The summed E-state index contributed by atoms with van der Waals surface area (Å²) in [5.41, 5.74) is 1.06. The molecule has 2 rings (SSSR count). The highest BCUT2D eigenvalue weighted by molar-refractivity contribution is 5.57. The summed E-state index contributed by atoms with van der Waals surface area (Å²) in [6.45, 7) is 3.34. The van der Waals surface area contributed by atoms with Crippen LogP contribution in [0.5, 0.6) is 5.75 Å². The van der Waals surface area contributed by atoms with E-state index in [-0.39, 0.29) is 0 Å². The second-order valence-corrected chi connectivity index (χ2v) is 4.11. The highest BCUT2D eigenvalue weighted by atomic mass is 16.5. The van der Waals surface area contributed by atoms with Crippen LogP contribution in [-0.2, 0) is 13.6 Å². The standard InChI is InChI=1S/C13H18N4O/c1-4-18-12-8-6-5-7-11(12)16(2)9-13-15-14-10-17(13)3/h5-8,10H,4,9H2,1-3H3. The van der Waals surface area contributed by atoms with Gasteiger partial charge in [0, 0.05) is 14.1 Å². The van der Waals surface area contributed by atoms with Crippen LogP contribution >= 0.6 is 0 Å². The fraction of sp³-hybridized carbons (Fsp3) is 0.385. The van der Waals surface area contributed by atoms with Crippen molar-refractivity contribution in [3.05, 3.63) is 36.4 Å². The van der Waals surface area contributed by atoms with Gasteiger partial charge in [-0.15, -0.1) is 10.2 Å². The Balaban J connectivity index is 2.18. The van der Waals surface area contributed by atoms with Crippen LogP contribution in [0.25, 0.3) is 0 Å². The van der Waals surface area contributed by atoms with Gasteiger partial charge in [0.2, 0.25) is 0 Å². The summed E-state index contributed by atoms with van der Waals surface area (Å²) in [4.78, 5) is 2.11. The molecule has 5 nitrogen and oxygen atoms in total. The molecular weight excluding hydrogens is 228 g/mol. The lowest BCUT2D eigenvalue weighted by Crippen LogP contribution is -2.19. The van der Waals surface area contributed by atoms with Crippen molar-refractivity contribution in [2.45, 2.75) is 13.5 Å². The minimum Gasteiger partial charge on any atom is -0.492 e. The number of aryl methyl sites for hydroxylation is 1. The number of rotatable bonds is 5. The first-order chi connectivity index (χ1) is 8.72. The molecule has 18 heavy (non-hydrogen) atoms. The molecule has 1 aromatic heterocycles. The molecule has 0 atom stereocenters. The van der Waals surface area contributed by atoms with Crippen LogP contribution in [0.15, 0.2) is 30.6 Å². The molecule has 0 bridgehead atoms. The van der Waals surface area contributed by atoms with E-state index in [9.17, 15) is 0 Å². The smallest absolute Gasteiger partial charge is 0.152 e. The third kappa shape index (κ3) is 2.61. The van der Waals surface area contributed by atoms with E-state index >= 15 is 0 Å². The molecule has 0 saturated carbocycles. The summed E-state index contributed by atoms with van der Waals surface area (Å²) in [7, 11) is 3.96. The number of anilines is 1. The van der Waals surface area contributed by atoms with E-state index in [1.165, 1.54) is 0 Å². The first kappa shape index (κ1) is 12.4. The summed E-state index contributed by atoms with van der Waals surface area (Å²) >= 11 is 0. The van der Waals surface area contributed by atoms with Gasteiger partial charge in [-0.3, -0.25) is 0 Å². The Bertz CT molecular complexity index is 509. The monoisotopic (exact) mass is 246 g/mol. The third-order valence-corrected chi connectivity index (χ3v) is 2.76. The van der Waals surface area contributed by atoms with E-state index in [2.05, 4.69) is 15.1 Å².